The SMILES string of the molecule is c1cc2c(cc1CN1CCC3NNC(c4ccc5c(c4)OCO5)C3C1)CCO2. The smallest absolute Gasteiger partial charge is 0.231 e. The van der Waals surface area contributed by atoms with Crippen molar-refractivity contribution in [2.24, 2.45) is 5.92 Å². The average Bonchev–Trinajstić information content (AvgIpc) is 3.45. The summed E-state index contributed by atoms with van der Waals surface area (Å²) >= 11 is 0. The Balaban J connectivity index is 1.19. The molecule has 6 heteroatoms. The maximum Gasteiger partial charge on any atom is 0.231 e. The van der Waals surface area contributed by atoms with E-state index in [-0.39, 0.29) is 6.04 Å². The van der Waals surface area contributed by atoms with E-state index in [9.17, 15) is 0 Å². The first-order valence-electron chi connectivity index (χ1n) is 10.2. The van der Waals surface area contributed by atoms with E-state index in [1.54, 1.807) is 0 Å². The highest BCUT2D eigenvalue weighted by molar-refractivity contribution is 5.45. The standard InChI is InChI=1S/C22H25N3O3/c1-3-19-15(6-8-26-19)9-14(1)11-25-7-5-18-17(12-25)22(24-23-18)16-2-4-20-21(10-16)28-13-27-20/h1-4,9-10,17-18,22-24H,5-8,11-13H2. The summed E-state index contributed by atoms with van der Waals surface area (Å²) in [5.41, 5.74) is 11.1. The minimum absolute atomic E-state index is 0.288. The topological polar surface area (TPSA) is 55.0 Å². The minimum Gasteiger partial charge on any atom is -0.493 e. The number of likely N-dealkylation sites (tertiary alicyclic amines) is 1. The van der Waals surface area contributed by atoms with Crippen molar-refractivity contribution in [3.05, 3.63) is 53.1 Å². The Bertz CT molecular complexity index is 903. The molecule has 2 N–H and O–H groups in total. The number of piperidine rings is 1. The summed E-state index contributed by atoms with van der Waals surface area (Å²) in [5, 5.41) is 0. The number of hydrazine groups is 1. The normalized spacial score (nSPS) is 28.1. The number of nitrogens with one attached hydrogen (secondary N) is 2. The molecule has 0 saturated carbocycles. The summed E-state index contributed by atoms with van der Waals surface area (Å²) in [4.78, 5) is 2.59. The maximum atomic E-state index is 5.65. The van der Waals surface area contributed by atoms with Gasteiger partial charge < -0.3 is 14.2 Å². The van der Waals surface area contributed by atoms with E-state index < -0.39 is 0 Å². The van der Waals surface area contributed by atoms with Crippen molar-refractivity contribution in [3.8, 4) is 17.2 Å². The van der Waals surface area contributed by atoms with Crippen molar-refractivity contribution >= 4 is 0 Å². The molecule has 2 aromatic carbocycles. The van der Waals surface area contributed by atoms with Gasteiger partial charge in [0.05, 0.1) is 12.6 Å². The number of benzene rings is 2. The number of rotatable bonds is 3. The molecule has 0 amide bonds. The lowest BCUT2D eigenvalue weighted by molar-refractivity contribution is 0.148. The molecule has 2 fully saturated rings. The molecular weight excluding hydrogens is 354 g/mol. The number of hydrogen-bond acceptors (Lipinski definition) is 6. The molecule has 6 nitrogen and oxygen atoms in total. The Morgan fingerprint density at radius 1 is 0.964 bits per heavy atom. The summed E-state index contributed by atoms with van der Waals surface area (Å²) in [6.45, 7) is 4.35. The van der Waals surface area contributed by atoms with Gasteiger partial charge in [-0.1, -0.05) is 18.2 Å². The Morgan fingerprint density at radius 2 is 1.89 bits per heavy atom. The molecule has 3 unspecified atom stereocenters. The van der Waals surface area contributed by atoms with Crippen LogP contribution in [0.5, 0.6) is 17.2 Å². The van der Waals surface area contributed by atoms with Gasteiger partial charge in [-0.15, -0.1) is 0 Å². The largest absolute Gasteiger partial charge is 0.493 e. The zero-order valence-corrected chi connectivity index (χ0v) is 15.8. The average molecular weight is 379 g/mol. The number of ether oxygens (including phenoxy) is 3. The highest BCUT2D eigenvalue weighted by Crippen LogP contribution is 2.39. The van der Waals surface area contributed by atoms with Gasteiger partial charge in [0.15, 0.2) is 11.5 Å². The van der Waals surface area contributed by atoms with Gasteiger partial charge in [0.1, 0.15) is 5.75 Å². The van der Waals surface area contributed by atoms with E-state index in [2.05, 4.69) is 46.1 Å². The first-order valence-corrected chi connectivity index (χ1v) is 10.2. The van der Waals surface area contributed by atoms with Gasteiger partial charge in [0.2, 0.25) is 6.79 Å². The van der Waals surface area contributed by atoms with Crippen LogP contribution in [-0.4, -0.2) is 37.4 Å². The van der Waals surface area contributed by atoms with E-state index in [0.29, 0.717) is 18.8 Å². The zero-order valence-electron chi connectivity index (χ0n) is 15.8. The van der Waals surface area contributed by atoms with E-state index in [1.807, 2.05) is 6.07 Å². The van der Waals surface area contributed by atoms with Crippen molar-refractivity contribution in [1.82, 2.24) is 15.8 Å². The van der Waals surface area contributed by atoms with Crippen molar-refractivity contribution < 1.29 is 14.2 Å². The molecule has 2 aromatic rings. The van der Waals surface area contributed by atoms with Gasteiger partial charge in [-0.25, -0.2) is 5.43 Å². The van der Waals surface area contributed by atoms with Gasteiger partial charge in [0, 0.05) is 38.0 Å². The molecule has 4 aliphatic heterocycles. The number of hydrogen-bond donors (Lipinski definition) is 2. The molecule has 146 valence electrons. The van der Waals surface area contributed by atoms with Crippen LogP contribution in [0, 0.1) is 5.92 Å². The molecule has 3 atom stereocenters. The lowest BCUT2D eigenvalue weighted by Gasteiger charge is -2.36. The Labute approximate surface area is 164 Å². The van der Waals surface area contributed by atoms with Crippen LogP contribution in [0.3, 0.4) is 0 Å². The Kier molecular flexibility index (Phi) is 3.96. The third-order valence-electron chi connectivity index (χ3n) is 6.51. The maximum absolute atomic E-state index is 5.65. The number of nitrogens with zero attached hydrogens (tertiary/aromatic N) is 1. The second kappa shape index (κ2) is 6.65. The van der Waals surface area contributed by atoms with Crippen LogP contribution in [0.4, 0.5) is 0 Å². The zero-order chi connectivity index (χ0) is 18.5. The van der Waals surface area contributed by atoms with Crippen LogP contribution < -0.4 is 25.1 Å². The van der Waals surface area contributed by atoms with Crippen LogP contribution >= 0.6 is 0 Å². The predicted molar refractivity (Wildman–Crippen MR) is 104 cm³/mol. The second-order valence-electron chi connectivity index (χ2n) is 8.21. The summed E-state index contributed by atoms with van der Waals surface area (Å²) in [7, 11) is 0. The second-order valence-corrected chi connectivity index (χ2v) is 8.21. The van der Waals surface area contributed by atoms with Crippen LogP contribution in [0.1, 0.15) is 29.2 Å². The van der Waals surface area contributed by atoms with Crippen LogP contribution in [0.15, 0.2) is 36.4 Å². The molecule has 0 bridgehead atoms. The fourth-order valence-electron chi connectivity index (χ4n) is 5.05. The quantitative estimate of drug-likeness (QED) is 0.854. The van der Waals surface area contributed by atoms with Gasteiger partial charge in [-0.2, -0.15) is 0 Å². The molecule has 4 heterocycles. The predicted octanol–water partition coefficient (Wildman–Crippen LogP) is 2.39. The summed E-state index contributed by atoms with van der Waals surface area (Å²) in [6, 6.07) is 13.8. The number of fused-ring (bicyclic) bond motifs is 3. The molecule has 0 spiro atoms. The molecule has 4 aliphatic rings. The Morgan fingerprint density at radius 3 is 2.89 bits per heavy atom. The minimum atomic E-state index is 0.288. The summed E-state index contributed by atoms with van der Waals surface area (Å²) < 4.78 is 16.7. The molecule has 6 rings (SSSR count). The highest BCUT2D eigenvalue weighted by atomic mass is 16.7. The van der Waals surface area contributed by atoms with Crippen LogP contribution in [0.2, 0.25) is 0 Å². The first-order chi connectivity index (χ1) is 13.8. The highest BCUT2D eigenvalue weighted by Gasteiger charge is 2.40. The molecule has 2 saturated heterocycles. The fraction of sp³-hybridized carbons (Fsp3) is 0.455. The van der Waals surface area contributed by atoms with E-state index in [1.165, 1.54) is 16.7 Å². The molecule has 0 aliphatic carbocycles. The van der Waals surface area contributed by atoms with Crippen molar-refractivity contribution in [1.29, 1.82) is 0 Å². The summed E-state index contributed by atoms with van der Waals surface area (Å²) in [6.07, 6.45) is 2.20. The van der Waals surface area contributed by atoms with Crippen LogP contribution in [0.25, 0.3) is 0 Å². The van der Waals surface area contributed by atoms with E-state index in [4.69, 9.17) is 14.2 Å². The fourth-order valence-corrected chi connectivity index (χ4v) is 5.05. The lowest BCUT2D eigenvalue weighted by atomic mass is 9.85. The monoisotopic (exact) mass is 379 g/mol. The molecule has 0 aromatic heterocycles. The van der Waals surface area contributed by atoms with Crippen molar-refractivity contribution in [2.75, 3.05) is 26.5 Å². The molecule has 28 heavy (non-hydrogen) atoms. The van der Waals surface area contributed by atoms with Gasteiger partial charge in [-0.05, 0) is 41.3 Å². The van der Waals surface area contributed by atoms with Gasteiger partial charge >= 0.3 is 0 Å². The van der Waals surface area contributed by atoms with Gasteiger partial charge in [0.25, 0.3) is 0 Å². The summed E-state index contributed by atoms with van der Waals surface area (Å²) in [5.74, 6) is 3.30. The third kappa shape index (κ3) is 2.83. The van der Waals surface area contributed by atoms with E-state index >= 15 is 0 Å². The van der Waals surface area contributed by atoms with E-state index in [0.717, 1.165) is 56.3 Å². The van der Waals surface area contributed by atoms with Gasteiger partial charge in [-0.3, -0.25) is 10.3 Å². The lowest BCUT2D eigenvalue weighted by Crippen LogP contribution is -2.45. The van der Waals surface area contributed by atoms with Crippen molar-refractivity contribution in [3.63, 3.8) is 0 Å². The Hall–Kier alpha value is -2.28. The molecular formula is C22H25N3O3. The molecule has 0 radical (unpaired) electrons. The van der Waals surface area contributed by atoms with Crippen LogP contribution in [-0.2, 0) is 13.0 Å². The first kappa shape index (κ1) is 16.7. The van der Waals surface area contributed by atoms with Crippen molar-refractivity contribution in [2.45, 2.75) is 31.5 Å². The third-order valence-corrected chi connectivity index (χ3v) is 6.51.